The summed E-state index contributed by atoms with van der Waals surface area (Å²) in [5.41, 5.74) is 6.39. The predicted molar refractivity (Wildman–Crippen MR) is 152 cm³/mol. The van der Waals surface area contributed by atoms with E-state index in [1.165, 1.54) is 5.56 Å². The molecular weight excluding hydrogens is 531 g/mol. The molecule has 0 bridgehead atoms. The number of hydrogen-bond acceptors (Lipinski definition) is 6. The molecule has 1 saturated carbocycles. The van der Waals surface area contributed by atoms with Gasteiger partial charge in [0.05, 0.1) is 12.2 Å². The largest absolute Gasteiger partial charge is 1.00 e. The average Bonchev–Trinajstić information content (AvgIpc) is 3.48. The first kappa shape index (κ1) is 30.9. The number of benzene rings is 3. The molecule has 3 aromatic carbocycles. The Morgan fingerprint density at radius 3 is 2.27 bits per heavy atom. The predicted octanol–water partition coefficient (Wildman–Crippen LogP) is 2.06. The normalized spacial score (nSPS) is 14.0. The minimum atomic E-state index is -0.896. The van der Waals surface area contributed by atoms with Crippen LogP contribution >= 0.6 is 0 Å². The van der Waals surface area contributed by atoms with E-state index in [2.05, 4.69) is 56.1 Å². The molecule has 210 valence electrons. The number of aryl methyl sites for hydroxylation is 2. The van der Waals surface area contributed by atoms with Crippen molar-refractivity contribution in [3.63, 3.8) is 0 Å². The van der Waals surface area contributed by atoms with E-state index >= 15 is 0 Å². The molecule has 4 aromatic rings. The molecule has 0 atom stereocenters. The first-order valence-corrected chi connectivity index (χ1v) is 13.7. The van der Waals surface area contributed by atoms with Gasteiger partial charge < -0.3 is 24.1 Å². The molecule has 1 N–H and O–H groups in total. The van der Waals surface area contributed by atoms with Crippen molar-refractivity contribution < 1.29 is 48.7 Å². The Hall–Kier alpha value is -3.04. The average molecular weight is 567 g/mol. The smallest absolute Gasteiger partial charge is 0.493 e. The van der Waals surface area contributed by atoms with Crippen molar-refractivity contribution in [1.29, 1.82) is 0 Å². The van der Waals surface area contributed by atoms with Crippen LogP contribution < -0.4 is 55.5 Å². The fraction of sp³-hybridized carbons (Fsp3) is 0.375. The van der Waals surface area contributed by atoms with E-state index in [0.717, 1.165) is 69.6 Å². The van der Waals surface area contributed by atoms with Crippen LogP contribution in [0, 0.1) is 20.8 Å². The minimum absolute atomic E-state index is 0. The van der Waals surface area contributed by atoms with Crippen LogP contribution in [0.3, 0.4) is 0 Å². The van der Waals surface area contributed by atoms with Crippen molar-refractivity contribution in [1.82, 2.24) is 9.72 Å². The van der Waals surface area contributed by atoms with Crippen LogP contribution in [0.2, 0.25) is 0 Å². The van der Waals surface area contributed by atoms with Crippen LogP contribution in [0.5, 0.6) is 11.5 Å². The van der Waals surface area contributed by atoms with Gasteiger partial charge in [0.2, 0.25) is 0 Å². The SMILES string of the molecule is Cc1cc(OCCC2(O)CCCC2)cc(C)c1-c1cccc(COc2ccc(Cn3oc(=O)[n-]c3=O)cc2)c1C.[Na+]. The van der Waals surface area contributed by atoms with Gasteiger partial charge in [-0.15, -0.1) is 0 Å². The number of aromatic nitrogens is 2. The van der Waals surface area contributed by atoms with Gasteiger partial charge in [0.1, 0.15) is 18.1 Å². The van der Waals surface area contributed by atoms with Gasteiger partial charge in [-0.25, -0.2) is 4.79 Å². The van der Waals surface area contributed by atoms with Crippen LogP contribution in [0.25, 0.3) is 11.1 Å². The summed E-state index contributed by atoms with van der Waals surface area (Å²) in [6.45, 7) is 7.37. The van der Waals surface area contributed by atoms with Crippen LogP contribution in [-0.2, 0) is 13.2 Å². The summed E-state index contributed by atoms with van der Waals surface area (Å²) >= 11 is 0. The number of nitrogens with zero attached hydrogens (tertiary/aromatic N) is 2. The maximum absolute atomic E-state index is 11.6. The Balaban J connectivity index is 0.00000387. The maximum atomic E-state index is 11.6. The second-order valence-electron chi connectivity index (χ2n) is 10.8. The number of ether oxygens (including phenoxy) is 2. The number of aliphatic hydroxyl groups is 1. The van der Waals surface area contributed by atoms with E-state index in [9.17, 15) is 14.7 Å². The maximum Gasteiger partial charge on any atom is 1.00 e. The minimum Gasteiger partial charge on any atom is -0.493 e. The number of rotatable bonds is 10. The summed E-state index contributed by atoms with van der Waals surface area (Å²) in [5.74, 6) is 0.633. The monoisotopic (exact) mass is 566 g/mol. The summed E-state index contributed by atoms with van der Waals surface area (Å²) in [4.78, 5) is 25.9. The topological polar surface area (TPSA) is 105 Å². The van der Waals surface area contributed by atoms with Gasteiger partial charge in [-0.2, -0.15) is 0 Å². The Labute approximate surface area is 261 Å². The zero-order chi connectivity index (χ0) is 28.3. The van der Waals surface area contributed by atoms with Crippen molar-refractivity contribution in [3.8, 4) is 22.6 Å². The summed E-state index contributed by atoms with van der Waals surface area (Å²) in [5, 5.41) is 10.6. The molecule has 8 nitrogen and oxygen atoms in total. The van der Waals surface area contributed by atoms with Crippen molar-refractivity contribution in [2.24, 2.45) is 0 Å². The Morgan fingerprint density at radius 2 is 1.63 bits per heavy atom. The molecule has 9 heteroatoms. The van der Waals surface area contributed by atoms with E-state index < -0.39 is 17.0 Å². The summed E-state index contributed by atoms with van der Waals surface area (Å²) in [6, 6.07) is 17.7. The Morgan fingerprint density at radius 1 is 0.951 bits per heavy atom. The molecule has 0 unspecified atom stereocenters. The Kier molecular flexibility index (Phi) is 10.0. The van der Waals surface area contributed by atoms with Crippen molar-refractivity contribution in [3.05, 3.63) is 103 Å². The molecule has 1 aliphatic carbocycles. The third-order valence-electron chi connectivity index (χ3n) is 7.82. The molecule has 0 radical (unpaired) electrons. The molecule has 5 rings (SSSR count). The molecule has 0 spiro atoms. The molecule has 41 heavy (non-hydrogen) atoms. The van der Waals surface area contributed by atoms with E-state index in [1.807, 2.05) is 24.3 Å². The van der Waals surface area contributed by atoms with Crippen LogP contribution in [0.15, 0.2) is 68.7 Å². The Bertz CT molecular complexity index is 1570. The van der Waals surface area contributed by atoms with E-state index in [4.69, 9.17) is 14.0 Å². The van der Waals surface area contributed by atoms with Crippen LogP contribution in [-0.4, -0.2) is 22.1 Å². The summed E-state index contributed by atoms with van der Waals surface area (Å²) < 4.78 is 17.8. The first-order valence-electron chi connectivity index (χ1n) is 13.7. The van der Waals surface area contributed by atoms with Crippen LogP contribution in [0.1, 0.15) is 59.9 Å². The molecule has 1 fully saturated rings. The third kappa shape index (κ3) is 7.43. The molecule has 0 saturated heterocycles. The molecule has 1 aromatic heterocycles. The van der Waals surface area contributed by atoms with Gasteiger partial charge in [-0.05, 0) is 96.8 Å². The van der Waals surface area contributed by atoms with Gasteiger partial charge in [0.15, 0.2) is 5.69 Å². The van der Waals surface area contributed by atoms with Crippen molar-refractivity contribution >= 4 is 0 Å². The van der Waals surface area contributed by atoms with Crippen LogP contribution in [0.4, 0.5) is 0 Å². The number of hydrogen-bond donors (Lipinski definition) is 1. The van der Waals surface area contributed by atoms with Gasteiger partial charge >= 0.3 is 35.3 Å². The van der Waals surface area contributed by atoms with E-state index in [-0.39, 0.29) is 36.1 Å². The van der Waals surface area contributed by atoms with Gasteiger partial charge in [0, 0.05) is 13.0 Å². The van der Waals surface area contributed by atoms with Crippen molar-refractivity contribution in [2.75, 3.05) is 6.61 Å². The molecule has 1 aliphatic rings. The quantitative estimate of drug-likeness (QED) is 0.293. The molecule has 0 amide bonds. The second-order valence-corrected chi connectivity index (χ2v) is 10.8. The second kappa shape index (κ2) is 13.3. The van der Waals surface area contributed by atoms with Gasteiger partial charge in [-0.1, -0.05) is 43.2 Å². The molecule has 0 aliphatic heterocycles. The summed E-state index contributed by atoms with van der Waals surface area (Å²) in [6.07, 6.45) is 4.60. The van der Waals surface area contributed by atoms with Gasteiger partial charge in [-0.3, -0.25) is 9.53 Å². The van der Waals surface area contributed by atoms with Gasteiger partial charge in [0.25, 0.3) is 0 Å². The molecular formula is C32H35N2NaO6. The summed E-state index contributed by atoms with van der Waals surface area (Å²) in [7, 11) is 0. The van der Waals surface area contributed by atoms with E-state index in [0.29, 0.717) is 25.4 Å². The van der Waals surface area contributed by atoms with Crippen molar-refractivity contribution in [2.45, 2.75) is 71.6 Å². The first-order chi connectivity index (χ1) is 19.2. The molecule has 1 heterocycles. The van der Waals surface area contributed by atoms with E-state index in [1.54, 1.807) is 0 Å². The third-order valence-corrected chi connectivity index (χ3v) is 7.82. The fourth-order valence-corrected chi connectivity index (χ4v) is 5.59. The zero-order valence-electron chi connectivity index (χ0n) is 24.2. The zero-order valence-corrected chi connectivity index (χ0v) is 26.2. The standard InChI is InChI=1S/C32H36N2O6.Na/c1-21-17-27(38-16-15-32(37)13-4-5-14-32)18-22(2)29(21)28-8-6-7-25(23(28)3)20-39-26-11-9-24(10-12-26)19-34-30(35)33-31(36)40-34;/h6-12,17-18,37H,4-5,13-16,19-20H2,1-3H3,(H,33,35,36);/q;+1/p-1. The fourth-order valence-electron chi connectivity index (χ4n) is 5.59.